The standard InChI is InChI=1S/C12H11NO4/c1-7-2-3-9-8(4-7)5-10(12(16)17)13(9)6-11(14)15/h2-5H,6H2,1H3,(H,14,15)(H,16,17). The fraction of sp³-hybridized carbons (Fsp3) is 0.167. The van der Waals surface area contributed by atoms with Crippen LogP contribution in [0.4, 0.5) is 0 Å². The van der Waals surface area contributed by atoms with E-state index in [1.54, 1.807) is 6.07 Å². The Kier molecular flexibility index (Phi) is 2.59. The van der Waals surface area contributed by atoms with E-state index in [0.717, 1.165) is 10.9 Å². The smallest absolute Gasteiger partial charge is 0.352 e. The highest BCUT2D eigenvalue weighted by Gasteiger charge is 2.16. The van der Waals surface area contributed by atoms with E-state index in [4.69, 9.17) is 10.2 Å². The number of fused-ring (bicyclic) bond motifs is 1. The Bertz CT molecular complexity index is 612. The van der Waals surface area contributed by atoms with Crippen LogP contribution in [0.15, 0.2) is 24.3 Å². The normalized spacial score (nSPS) is 10.6. The number of carboxylic acid groups (broad SMARTS) is 2. The number of aromatic nitrogens is 1. The van der Waals surface area contributed by atoms with Crippen molar-refractivity contribution in [3.8, 4) is 0 Å². The second-order valence-electron chi connectivity index (χ2n) is 3.88. The number of carbonyl (C=O) groups is 2. The third kappa shape index (κ3) is 1.99. The highest BCUT2D eigenvalue weighted by Crippen LogP contribution is 2.21. The van der Waals surface area contributed by atoms with Gasteiger partial charge in [-0.3, -0.25) is 4.79 Å². The van der Waals surface area contributed by atoms with Crippen LogP contribution in [-0.4, -0.2) is 26.7 Å². The van der Waals surface area contributed by atoms with Gasteiger partial charge in [-0.1, -0.05) is 11.6 Å². The second kappa shape index (κ2) is 3.93. The van der Waals surface area contributed by atoms with Gasteiger partial charge in [-0.05, 0) is 25.1 Å². The molecule has 0 aliphatic rings. The lowest BCUT2D eigenvalue weighted by Crippen LogP contribution is -2.14. The van der Waals surface area contributed by atoms with Crippen molar-refractivity contribution in [2.75, 3.05) is 0 Å². The Hall–Kier alpha value is -2.30. The average molecular weight is 233 g/mol. The lowest BCUT2D eigenvalue weighted by atomic mass is 10.2. The van der Waals surface area contributed by atoms with Gasteiger partial charge in [0.05, 0.1) is 0 Å². The molecule has 0 aliphatic heterocycles. The minimum atomic E-state index is -1.12. The number of aromatic carboxylic acids is 1. The highest BCUT2D eigenvalue weighted by molar-refractivity contribution is 5.95. The third-order valence-electron chi connectivity index (χ3n) is 2.57. The molecule has 0 fully saturated rings. The fourth-order valence-electron chi connectivity index (χ4n) is 1.87. The number of benzene rings is 1. The molecule has 0 unspecified atom stereocenters. The van der Waals surface area contributed by atoms with Crippen molar-refractivity contribution >= 4 is 22.8 Å². The lowest BCUT2D eigenvalue weighted by molar-refractivity contribution is -0.137. The van der Waals surface area contributed by atoms with Gasteiger partial charge in [0.15, 0.2) is 0 Å². The van der Waals surface area contributed by atoms with E-state index in [9.17, 15) is 9.59 Å². The summed E-state index contributed by atoms with van der Waals surface area (Å²) in [7, 11) is 0. The fourth-order valence-corrected chi connectivity index (χ4v) is 1.87. The molecule has 5 nitrogen and oxygen atoms in total. The molecule has 88 valence electrons. The van der Waals surface area contributed by atoms with Crippen LogP contribution in [0.5, 0.6) is 0 Å². The first kappa shape index (κ1) is 11.2. The summed E-state index contributed by atoms with van der Waals surface area (Å²) in [5.74, 6) is -2.19. The Labute approximate surface area is 96.9 Å². The number of nitrogens with zero attached hydrogens (tertiary/aromatic N) is 1. The van der Waals surface area contributed by atoms with E-state index in [0.29, 0.717) is 5.52 Å². The molecular formula is C12H11NO4. The summed E-state index contributed by atoms with van der Waals surface area (Å²) in [4.78, 5) is 21.8. The molecule has 1 aromatic heterocycles. The number of rotatable bonds is 3. The zero-order valence-corrected chi connectivity index (χ0v) is 9.17. The Morgan fingerprint density at radius 3 is 2.53 bits per heavy atom. The van der Waals surface area contributed by atoms with E-state index >= 15 is 0 Å². The van der Waals surface area contributed by atoms with Gasteiger partial charge >= 0.3 is 11.9 Å². The summed E-state index contributed by atoms with van der Waals surface area (Å²) in [6, 6.07) is 6.89. The van der Waals surface area contributed by atoms with E-state index in [2.05, 4.69) is 0 Å². The molecule has 0 amide bonds. The first-order valence-electron chi connectivity index (χ1n) is 5.04. The molecule has 5 heteroatoms. The van der Waals surface area contributed by atoms with Gasteiger partial charge in [-0.25, -0.2) is 4.79 Å². The molecule has 2 N–H and O–H groups in total. The van der Waals surface area contributed by atoms with Crippen molar-refractivity contribution in [3.63, 3.8) is 0 Å². The summed E-state index contributed by atoms with van der Waals surface area (Å²) in [5, 5.41) is 18.6. The zero-order valence-electron chi connectivity index (χ0n) is 9.17. The van der Waals surface area contributed by atoms with Crippen molar-refractivity contribution in [2.45, 2.75) is 13.5 Å². The van der Waals surface area contributed by atoms with Crippen LogP contribution in [0.1, 0.15) is 16.1 Å². The minimum absolute atomic E-state index is 0.00648. The van der Waals surface area contributed by atoms with E-state index in [1.807, 2.05) is 19.1 Å². The van der Waals surface area contributed by atoms with Gasteiger partial charge in [0, 0.05) is 10.9 Å². The van der Waals surface area contributed by atoms with Crippen LogP contribution in [0.2, 0.25) is 0 Å². The molecule has 0 radical (unpaired) electrons. The highest BCUT2D eigenvalue weighted by atomic mass is 16.4. The summed E-state index contributed by atoms with van der Waals surface area (Å²) < 4.78 is 1.29. The maximum Gasteiger partial charge on any atom is 0.352 e. The first-order valence-corrected chi connectivity index (χ1v) is 5.04. The Balaban J connectivity index is 2.71. The molecule has 0 atom stereocenters. The van der Waals surface area contributed by atoms with Crippen LogP contribution in [-0.2, 0) is 11.3 Å². The van der Waals surface area contributed by atoms with Gasteiger partial charge in [0.1, 0.15) is 12.2 Å². The summed E-state index contributed by atoms with van der Waals surface area (Å²) in [5.41, 5.74) is 1.62. The van der Waals surface area contributed by atoms with Gasteiger partial charge in [0.25, 0.3) is 0 Å². The molecule has 0 bridgehead atoms. The molecule has 17 heavy (non-hydrogen) atoms. The molecular weight excluding hydrogens is 222 g/mol. The Morgan fingerprint density at radius 2 is 1.94 bits per heavy atom. The van der Waals surface area contributed by atoms with Gasteiger partial charge in [0.2, 0.25) is 0 Å². The number of aryl methyl sites for hydroxylation is 1. The van der Waals surface area contributed by atoms with Crippen LogP contribution < -0.4 is 0 Å². The topological polar surface area (TPSA) is 79.5 Å². The largest absolute Gasteiger partial charge is 0.480 e. The van der Waals surface area contributed by atoms with Crippen molar-refractivity contribution in [1.29, 1.82) is 0 Å². The molecule has 1 aromatic carbocycles. The number of aliphatic carboxylic acids is 1. The van der Waals surface area contributed by atoms with Crippen LogP contribution >= 0.6 is 0 Å². The van der Waals surface area contributed by atoms with Crippen molar-refractivity contribution in [1.82, 2.24) is 4.57 Å². The van der Waals surface area contributed by atoms with Crippen molar-refractivity contribution in [3.05, 3.63) is 35.5 Å². The molecule has 0 saturated carbocycles. The third-order valence-corrected chi connectivity index (χ3v) is 2.57. The van der Waals surface area contributed by atoms with Gasteiger partial charge < -0.3 is 14.8 Å². The quantitative estimate of drug-likeness (QED) is 0.846. The molecule has 0 saturated heterocycles. The lowest BCUT2D eigenvalue weighted by Gasteiger charge is -2.04. The molecule has 0 aliphatic carbocycles. The second-order valence-corrected chi connectivity index (χ2v) is 3.88. The van der Waals surface area contributed by atoms with Crippen LogP contribution in [0.3, 0.4) is 0 Å². The first-order chi connectivity index (χ1) is 7.99. The van der Waals surface area contributed by atoms with E-state index in [1.165, 1.54) is 10.6 Å². The average Bonchev–Trinajstić information content (AvgIpc) is 2.55. The summed E-state index contributed by atoms with van der Waals surface area (Å²) in [6.45, 7) is 1.54. The van der Waals surface area contributed by atoms with Crippen LogP contribution in [0, 0.1) is 6.92 Å². The maximum atomic E-state index is 11.0. The van der Waals surface area contributed by atoms with Crippen molar-refractivity contribution < 1.29 is 19.8 Å². The monoisotopic (exact) mass is 233 g/mol. The minimum Gasteiger partial charge on any atom is -0.480 e. The number of carboxylic acids is 2. The van der Waals surface area contributed by atoms with Crippen molar-refractivity contribution in [2.24, 2.45) is 0 Å². The predicted octanol–water partition coefficient (Wildman–Crippen LogP) is 1.73. The Morgan fingerprint density at radius 1 is 1.24 bits per heavy atom. The van der Waals surface area contributed by atoms with Gasteiger partial charge in [-0.2, -0.15) is 0 Å². The molecule has 2 aromatic rings. The summed E-state index contributed by atoms with van der Waals surface area (Å²) in [6.07, 6.45) is 0. The molecule has 2 rings (SSSR count). The number of hydrogen-bond acceptors (Lipinski definition) is 2. The van der Waals surface area contributed by atoms with E-state index < -0.39 is 11.9 Å². The van der Waals surface area contributed by atoms with Gasteiger partial charge in [-0.15, -0.1) is 0 Å². The molecule has 1 heterocycles. The maximum absolute atomic E-state index is 11.0. The SMILES string of the molecule is Cc1ccc2c(c1)cc(C(=O)O)n2CC(=O)O. The molecule has 0 spiro atoms. The number of hydrogen-bond donors (Lipinski definition) is 2. The summed E-state index contributed by atoms with van der Waals surface area (Å²) >= 11 is 0. The zero-order chi connectivity index (χ0) is 12.6. The predicted molar refractivity (Wildman–Crippen MR) is 61.3 cm³/mol. The van der Waals surface area contributed by atoms with E-state index in [-0.39, 0.29) is 12.2 Å². The van der Waals surface area contributed by atoms with Crippen LogP contribution in [0.25, 0.3) is 10.9 Å².